The average Bonchev–Trinajstić information content (AvgIpc) is 2.84. The summed E-state index contributed by atoms with van der Waals surface area (Å²) in [4.78, 5) is 11.3. The third kappa shape index (κ3) is 5.00. The molecule has 0 aliphatic carbocycles. The number of methoxy groups -OCH3 is 1. The van der Waals surface area contributed by atoms with Crippen molar-refractivity contribution in [2.45, 2.75) is 33.7 Å². The topological polar surface area (TPSA) is 49.8 Å². The predicted octanol–water partition coefficient (Wildman–Crippen LogP) is 2.91. The van der Waals surface area contributed by atoms with Gasteiger partial charge in [0.2, 0.25) is 5.88 Å². The molecular weight excluding hydrogens is 391 g/mol. The van der Waals surface area contributed by atoms with E-state index in [1.54, 1.807) is 13.3 Å². The summed E-state index contributed by atoms with van der Waals surface area (Å²) < 4.78 is 5.28. The van der Waals surface area contributed by atoms with Crippen molar-refractivity contribution in [3.8, 4) is 5.88 Å². The van der Waals surface area contributed by atoms with Crippen LogP contribution in [0.25, 0.3) is 0 Å². The van der Waals surface area contributed by atoms with Gasteiger partial charge in [-0.15, -0.1) is 24.0 Å². The van der Waals surface area contributed by atoms with Gasteiger partial charge in [-0.05, 0) is 24.8 Å². The molecule has 0 saturated carbocycles. The van der Waals surface area contributed by atoms with E-state index < -0.39 is 0 Å². The zero-order chi connectivity index (χ0) is 15.3. The van der Waals surface area contributed by atoms with E-state index in [0.29, 0.717) is 17.8 Å². The molecule has 1 N–H and O–H groups in total. The number of nitrogens with one attached hydrogen (secondary N) is 1. The summed E-state index contributed by atoms with van der Waals surface area (Å²) in [5.74, 6) is 1.63. The molecule has 1 aromatic heterocycles. The molecule has 22 heavy (non-hydrogen) atoms. The summed E-state index contributed by atoms with van der Waals surface area (Å²) in [6.45, 7) is 10.3. The second-order valence-corrected chi connectivity index (χ2v) is 6.18. The highest BCUT2D eigenvalue weighted by molar-refractivity contribution is 14.0. The Morgan fingerprint density at radius 3 is 2.86 bits per heavy atom. The standard InChI is InChI=1S/C16H26N4O.HI/c1-5-17-15(20-10-8-16(2,3)12-20)19-11-13-7-6-9-18-14(13)21-4;/h6-7,9H,5,8,10-12H2,1-4H3,(H,17,19);1H. The monoisotopic (exact) mass is 418 g/mol. The van der Waals surface area contributed by atoms with Gasteiger partial charge in [-0.2, -0.15) is 0 Å². The SMILES string of the molecule is CCNC(=NCc1cccnc1OC)N1CCC(C)(C)C1.I. The molecule has 1 saturated heterocycles. The van der Waals surface area contributed by atoms with Gasteiger partial charge in [-0.25, -0.2) is 9.98 Å². The summed E-state index contributed by atoms with van der Waals surface area (Å²) in [6, 6.07) is 3.92. The molecule has 2 rings (SSSR count). The highest BCUT2D eigenvalue weighted by atomic mass is 127. The molecule has 124 valence electrons. The van der Waals surface area contributed by atoms with Gasteiger partial charge in [0.05, 0.1) is 13.7 Å². The Bertz CT molecular complexity index is 505. The third-order valence-electron chi connectivity index (χ3n) is 3.75. The highest BCUT2D eigenvalue weighted by Gasteiger charge is 2.30. The molecule has 0 spiro atoms. The van der Waals surface area contributed by atoms with E-state index in [9.17, 15) is 0 Å². The van der Waals surface area contributed by atoms with Gasteiger partial charge in [-0.3, -0.25) is 0 Å². The molecule has 1 aliphatic heterocycles. The number of aromatic nitrogens is 1. The van der Waals surface area contributed by atoms with Crippen molar-refractivity contribution in [2.24, 2.45) is 10.4 Å². The van der Waals surface area contributed by atoms with Gasteiger partial charge in [0.1, 0.15) is 0 Å². The minimum absolute atomic E-state index is 0. The van der Waals surface area contributed by atoms with Crippen LogP contribution in [0, 0.1) is 5.41 Å². The van der Waals surface area contributed by atoms with Gasteiger partial charge in [0, 0.05) is 31.4 Å². The van der Waals surface area contributed by atoms with Gasteiger partial charge in [0.25, 0.3) is 0 Å². The van der Waals surface area contributed by atoms with Gasteiger partial charge < -0.3 is 15.0 Å². The lowest BCUT2D eigenvalue weighted by Crippen LogP contribution is -2.40. The average molecular weight is 418 g/mol. The molecule has 6 heteroatoms. The molecule has 1 fully saturated rings. The van der Waals surface area contributed by atoms with Crippen LogP contribution in [0.5, 0.6) is 5.88 Å². The fraction of sp³-hybridized carbons (Fsp3) is 0.625. The van der Waals surface area contributed by atoms with Crippen LogP contribution in [-0.4, -0.2) is 42.6 Å². The molecule has 0 aromatic carbocycles. The second-order valence-electron chi connectivity index (χ2n) is 6.18. The Labute approximate surface area is 150 Å². The van der Waals surface area contributed by atoms with Crippen LogP contribution in [0.3, 0.4) is 0 Å². The molecule has 5 nitrogen and oxygen atoms in total. The van der Waals surface area contributed by atoms with Crippen LogP contribution in [0.15, 0.2) is 23.3 Å². The quantitative estimate of drug-likeness (QED) is 0.464. The first kappa shape index (κ1) is 19.0. The number of ether oxygens (including phenoxy) is 1. The first-order valence-corrected chi connectivity index (χ1v) is 7.57. The Kier molecular flexibility index (Phi) is 7.38. The molecular formula is C16H27IN4O. The summed E-state index contributed by atoms with van der Waals surface area (Å²) in [5.41, 5.74) is 1.37. The number of hydrogen-bond acceptors (Lipinski definition) is 3. The lowest BCUT2D eigenvalue weighted by Gasteiger charge is -2.23. The largest absolute Gasteiger partial charge is 0.481 e. The highest BCUT2D eigenvalue weighted by Crippen LogP contribution is 2.28. The molecule has 0 unspecified atom stereocenters. The molecule has 0 amide bonds. The molecule has 0 bridgehead atoms. The van der Waals surface area contributed by atoms with E-state index in [2.05, 4.69) is 36.0 Å². The molecule has 0 atom stereocenters. The van der Waals surface area contributed by atoms with Crippen molar-refractivity contribution < 1.29 is 4.74 Å². The van der Waals surface area contributed by atoms with E-state index in [4.69, 9.17) is 9.73 Å². The minimum atomic E-state index is 0. The number of rotatable bonds is 4. The summed E-state index contributed by atoms with van der Waals surface area (Å²) in [5, 5.41) is 3.38. The first-order chi connectivity index (χ1) is 10.1. The van der Waals surface area contributed by atoms with E-state index in [1.165, 1.54) is 6.42 Å². The summed E-state index contributed by atoms with van der Waals surface area (Å²) in [7, 11) is 1.64. The maximum Gasteiger partial charge on any atom is 0.218 e. The van der Waals surface area contributed by atoms with E-state index in [1.807, 2.05) is 12.1 Å². The zero-order valence-corrected chi connectivity index (χ0v) is 16.3. The number of hydrogen-bond donors (Lipinski definition) is 1. The normalized spacial score (nSPS) is 17.1. The smallest absolute Gasteiger partial charge is 0.218 e. The van der Waals surface area contributed by atoms with Crippen molar-refractivity contribution >= 4 is 29.9 Å². The first-order valence-electron chi connectivity index (χ1n) is 7.57. The number of likely N-dealkylation sites (tertiary alicyclic amines) is 1. The van der Waals surface area contributed by atoms with Crippen molar-refractivity contribution in [3.05, 3.63) is 23.9 Å². The number of guanidine groups is 1. The van der Waals surface area contributed by atoms with Crippen LogP contribution in [0.4, 0.5) is 0 Å². The van der Waals surface area contributed by atoms with Crippen LogP contribution < -0.4 is 10.1 Å². The maximum atomic E-state index is 5.28. The maximum absolute atomic E-state index is 5.28. The van der Waals surface area contributed by atoms with Crippen LogP contribution >= 0.6 is 24.0 Å². The third-order valence-corrected chi connectivity index (χ3v) is 3.75. The van der Waals surface area contributed by atoms with Crippen LogP contribution in [-0.2, 0) is 6.54 Å². The fourth-order valence-electron chi connectivity index (χ4n) is 2.61. The van der Waals surface area contributed by atoms with Crippen LogP contribution in [0.2, 0.25) is 0 Å². The summed E-state index contributed by atoms with van der Waals surface area (Å²) >= 11 is 0. The van der Waals surface area contributed by atoms with Gasteiger partial charge in [-0.1, -0.05) is 19.9 Å². The second kappa shape index (κ2) is 8.55. The van der Waals surface area contributed by atoms with Gasteiger partial charge >= 0.3 is 0 Å². The van der Waals surface area contributed by atoms with Crippen molar-refractivity contribution in [1.29, 1.82) is 0 Å². The van der Waals surface area contributed by atoms with Crippen molar-refractivity contribution in [2.75, 3.05) is 26.7 Å². The Hall–Kier alpha value is -1.05. The molecule has 1 aliphatic rings. The minimum Gasteiger partial charge on any atom is -0.481 e. The van der Waals surface area contributed by atoms with Crippen LogP contribution in [0.1, 0.15) is 32.8 Å². The Morgan fingerprint density at radius 1 is 1.50 bits per heavy atom. The molecule has 1 aromatic rings. The summed E-state index contributed by atoms with van der Waals surface area (Å²) in [6.07, 6.45) is 2.94. The van der Waals surface area contributed by atoms with Gasteiger partial charge in [0.15, 0.2) is 5.96 Å². The van der Waals surface area contributed by atoms with Crippen molar-refractivity contribution in [3.63, 3.8) is 0 Å². The number of pyridine rings is 1. The Morgan fingerprint density at radius 2 is 2.27 bits per heavy atom. The fourth-order valence-corrected chi connectivity index (χ4v) is 2.61. The molecule has 2 heterocycles. The van der Waals surface area contributed by atoms with E-state index in [-0.39, 0.29) is 24.0 Å². The number of nitrogens with zero attached hydrogens (tertiary/aromatic N) is 3. The number of aliphatic imine (C=N–C) groups is 1. The lowest BCUT2D eigenvalue weighted by molar-refractivity contribution is 0.369. The number of halogens is 1. The molecule has 0 radical (unpaired) electrons. The predicted molar refractivity (Wildman–Crippen MR) is 101 cm³/mol. The Balaban J connectivity index is 0.00000242. The zero-order valence-electron chi connectivity index (χ0n) is 13.9. The lowest BCUT2D eigenvalue weighted by atomic mass is 9.93. The van der Waals surface area contributed by atoms with E-state index in [0.717, 1.165) is 31.2 Å². The van der Waals surface area contributed by atoms with Crippen molar-refractivity contribution in [1.82, 2.24) is 15.2 Å². The van der Waals surface area contributed by atoms with E-state index >= 15 is 0 Å².